The van der Waals surface area contributed by atoms with Crippen molar-refractivity contribution < 1.29 is 4.74 Å². The van der Waals surface area contributed by atoms with Crippen LogP contribution in [0.1, 0.15) is 26.7 Å². The first kappa shape index (κ1) is 9.74. The summed E-state index contributed by atoms with van der Waals surface area (Å²) in [4.78, 5) is 0. The lowest BCUT2D eigenvalue weighted by Gasteiger charge is -2.30. The van der Waals surface area contributed by atoms with Gasteiger partial charge in [-0.05, 0) is 25.6 Å². The third kappa shape index (κ3) is 2.95. The standard InChI is InChI=1S/C8H16N2OS/c1-3-4-11-7-5-6(2)9-8(12)10-7/h6-7H,3-5H2,1-2H3,(H2,9,10,12). The van der Waals surface area contributed by atoms with Crippen LogP contribution in [0.5, 0.6) is 0 Å². The summed E-state index contributed by atoms with van der Waals surface area (Å²) in [6.07, 6.45) is 2.13. The minimum atomic E-state index is 0.105. The van der Waals surface area contributed by atoms with E-state index < -0.39 is 0 Å². The number of hydrogen-bond acceptors (Lipinski definition) is 2. The summed E-state index contributed by atoms with van der Waals surface area (Å²) in [6.45, 7) is 5.01. The minimum absolute atomic E-state index is 0.105. The van der Waals surface area contributed by atoms with E-state index in [-0.39, 0.29) is 6.23 Å². The van der Waals surface area contributed by atoms with E-state index in [1.165, 1.54) is 0 Å². The molecule has 0 aromatic rings. The Morgan fingerprint density at radius 1 is 1.58 bits per heavy atom. The minimum Gasteiger partial charge on any atom is -0.360 e. The van der Waals surface area contributed by atoms with Crippen LogP contribution in [-0.4, -0.2) is 24.0 Å². The molecule has 2 atom stereocenters. The summed E-state index contributed by atoms with van der Waals surface area (Å²) in [5.74, 6) is 0. The first-order chi connectivity index (χ1) is 5.72. The van der Waals surface area contributed by atoms with Crippen LogP contribution in [0.2, 0.25) is 0 Å². The van der Waals surface area contributed by atoms with Gasteiger partial charge in [0.25, 0.3) is 0 Å². The molecule has 70 valence electrons. The summed E-state index contributed by atoms with van der Waals surface area (Å²) in [5.41, 5.74) is 0. The van der Waals surface area contributed by atoms with Gasteiger partial charge in [-0.15, -0.1) is 0 Å². The highest BCUT2D eigenvalue weighted by Gasteiger charge is 2.20. The molecule has 0 aromatic heterocycles. The zero-order valence-corrected chi connectivity index (χ0v) is 8.41. The van der Waals surface area contributed by atoms with Crippen molar-refractivity contribution in [2.45, 2.75) is 39.0 Å². The van der Waals surface area contributed by atoms with Crippen LogP contribution >= 0.6 is 12.2 Å². The monoisotopic (exact) mass is 188 g/mol. The van der Waals surface area contributed by atoms with Crippen molar-refractivity contribution in [2.24, 2.45) is 0 Å². The summed E-state index contributed by atoms with van der Waals surface area (Å²) < 4.78 is 5.53. The SMILES string of the molecule is CCCOC1CC(C)NC(=S)N1. The van der Waals surface area contributed by atoms with Crippen LogP contribution in [0.3, 0.4) is 0 Å². The highest BCUT2D eigenvalue weighted by molar-refractivity contribution is 7.80. The van der Waals surface area contributed by atoms with Crippen molar-refractivity contribution in [3.63, 3.8) is 0 Å². The molecule has 12 heavy (non-hydrogen) atoms. The average molecular weight is 188 g/mol. The molecule has 1 fully saturated rings. The molecule has 0 aliphatic carbocycles. The third-order valence-electron chi connectivity index (χ3n) is 1.76. The molecule has 2 unspecified atom stereocenters. The zero-order chi connectivity index (χ0) is 8.97. The van der Waals surface area contributed by atoms with Crippen LogP contribution in [0.4, 0.5) is 0 Å². The predicted molar refractivity (Wildman–Crippen MR) is 53.0 cm³/mol. The summed E-state index contributed by atoms with van der Waals surface area (Å²) in [6, 6.07) is 0.417. The van der Waals surface area contributed by atoms with Gasteiger partial charge in [0.1, 0.15) is 6.23 Å². The Kier molecular flexibility index (Phi) is 3.75. The van der Waals surface area contributed by atoms with Crippen LogP contribution in [0.25, 0.3) is 0 Å². The second-order valence-corrected chi connectivity index (χ2v) is 3.52. The number of hydrogen-bond donors (Lipinski definition) is 2. The van der Waals surface area contributed by atoms with E-state index in [0.717, 1.165) is 19.4 Å². The summed E-state index contributed by atoms with van der Waals surface area (Å²) in [5, 5.41) is 6.91. The molecule has 0 bridgehead atoms. The molecule has 1 aliphatic heterocycles. The second kappa shape index (κ2) is 4.62. The molecular formula is C8H16N2OS. The average Bonchev–Trinajstić information content (AvgIpc) is 1.99. The molecule has 2 N–H and O–H groups in total. The molecule has 3 nitrogen and oxygen atoms in total. The third-order valence-corrected chi connectivity index (χ3v) is 2.00. The van der Waals surface area contributed by atoms with Crippen LogP contribution in [0.15, 0.2) is 0 Å². The molecule has 1 saturated heterocycles. The molecular weight excluding hydrogens is 172 g/mol. The lowest BCUT2D eigenvalue weighted by molar-refractivity contribution is 0.0268. The highest BCUT2D eigenvalue weighted by atomic mass is 32.1. The van der Waals surface area contributed by atoms with E-state index in [2.05, 4.69) is 24.5 Å². The number of rotatable bonds is 3. The summed E-state index contributed by atoms with van der Waals surface area (Å²) >= 11 is 5.01. The van der Waals surface area contributed by atoms with E-state index in [0.29, 0.717) is 11.2 Å². The second-order valence-electron chi connectivity index (χ2n) is 3.11. The fourth-order valence-corrected chi connectivity index (χ4v) is 1.55. The topological polar surface area (TPSA) is 33.3 Å². The Morgan fingerprint density at radius 2 is 2.33 bits per heavy atom. The molecule has 1 aliphatic rings. The fourth-order valence-electron chi connectivity index (χ4n) is 1.22. The van der Waals surface area contributed by atoms with E-state index in [4.69, 9.17) is 17.0 Å². The van der Waals surface area contributed by atoms with Crippen molar-refractivity contribution in [1.29, 1.82) is 0 Å². The van der Waals surface area contributed by atoms with E-state index in [1.807, 2.05) is 0 Å². The van der Waals surface area contributed by atoms with Gasteiger partial charge in [0, 0.05) is 19.1 Å². The van der Waals surface area contributed by atoms with Gasteiger partial charge < -0.3 is 15.4 Å². The Labute approximate surface area is 78.9 Å². The van der Waals surface area contributed by atoms with Crippen LogP contribution < -0.4 is 10.6 Å². The normalized spacial score (nSPS) is 29.3. The van der Waals surface area contributed by atoms with Gasteiger partial charge >= 0.3 is 0 Å². The van der Waals surface area contributed by atoms with Gasteiger partial charge in [-0.1, -0.05) is 6.92 Å². The van der Waals surface area contributed by atoms with E-state index in [1.54, 1.807) is 0 Å². The number of ether oxygens (including phenoxy) is 1. The first-order valence-electron chi connectivity index (χ1n) is 4.41. The number of thiocarbonyl (C=S) groups is 1. The Bertz CT molecular complexity index is 163. The smallest absolute Gasteiger partial charge is 0.168 e. The molecule has 4 heteroatoms. The molecule has 0 aromatic carbocycles. The van der Waals surface area contributed by atoms with Crippen molar-refractivity contribution in [3.8, 4) is 0 Å². The Hall–Kier alpha value is -0.350. The Morgan fingerprint density at radius 3 is 2.92 bits per heavy atom. The maximum absolute atomic E-state index is 5.53. The Balaban J connectivity index is 2.29. The maximum atomic E-state index is 5.53. The van der Waals surface area contributed by atoms with E-state index >= 15 is 0 Å². The molecule has 0 amide bonds. The van der Waals surface area contributed by atoms with Gasteiger partial charge in [-0.3, -0.25) is 0 Å². The maximum Gasteiger partial charge on any atom is 0.168 e. The quantitative estimate of drug-likeness (QED) is 0.647. The predicted octanol–water partition coefficient (Wildman–Crippen LogP) is 0.995. The van der Waals surface area contributed by atoms with Crippen LogP contribution in [0, 0.1) is 0 Å². The fraction of sp³-hybridized carbons (Fsp3) is 0.875. The number of nitrogens with one attached hydrogen (secondary N) is 2. The molecule has 1 heterocycles. The van der Waals surface area contributed by atoms with Gasteiger partial charge in [0.15, 0.2) is 5.11 Å². The lowest BCUT2D eigenvalue weighted by atomic mass is 10.2. The first-order valence-corrected chi connectivity index (χ1v) is 4.82. The van der Waals surface area contributed by atoms with Gasteiger partial charge in [-0.25, -0.2) is 0 Å². The van der Waals surface area contributed by atoms with Crippen LogP contribution in [-0.2, 0) is 4.74 Å². The van der Waals surface area contributed by atoms with Crippen molar-refractivity contribution in [3.05, 3.63) is 0 Å². The lowest BCUT2D eigenvalue weighted by Crippen LogP contribution is -2.54. The van der Waals surface area contributed by atoms with E-state index in [9.17, 15) is 0 Å². The molecule has 0 spiro atoms. The largest absolute Gasteiger partial charge is 0.360 e. The summed E-state index contributed by atoms with van der Waals surface area (Å²) in [7, 11) is 0. The highest BCUT2D eigenvalue weighted by Crippen LogP contribution is 2.05. The zero-order valence-electron chi connectivity index (χ0n) is 7.59. The van der Waals surface area contributed by atoms with Gasteiger partial charge in [0.05, 0.1) is 0 Å². The van der Waals surface area contributed by atoms with Crippen molar-refractivity contribution in [2.75, 3.05) is 6.61 Å². The molecule has 1 rings (SSSR count). The van der Waals surface area contributed by atoms with Crippen molar-refractivity contribution in [1.82, 2.24) is 10.6 Å². The van der Waals surface area contributed by atoms with Crippen molar-refractivity contribution >= 4 is 17.3 Å². The van der Waals surface area contributed by atoms with Gasteiger partial charge in [-0.2, -0.15) is 0 Å². The molecule has 0 radical (unpaired) electrons. The molecule has 0 saturated carbocycles. The van der Waals surface area contributed by atoms with Gasteiger partial charge in [0.2, 0.25) is 0 Å².